The second-order valence-electron chi connectivity index (χ2n) is 4.20. The highest BCUT2D eigenvalue weighted by Gasteiger charge is 2.15. The van der Waals surface area contributed by atoms with E-state index in [0.717, 1.165) is 36.6 Å². The summed E-state index contributed by atoms with van der Waals surface area (Å²) < 4.78 is 0. The maximum absolute atomic E-state index is 10.9. The summed E-state index contributed by atoms with van der Waals surface area (Å²) in [6.07, 6.45) is 1.13. The number of thioether (sulfide) groups is 1. The quantitative estimate of drug-likeness (QED) is 0.674. The van der Waals surface area contributed by atoms with Crippen LogP contribution in [0, 0.1) is 10.1 Å². The van der Waals surface area contributed by atoms with E-state index in [1.807, 2.05) is 17.8 Å². The van der Waals surface area contributed by atoms with Gasteiger partial charge in [0.2, 0.25) is 0 Å². The Bertz CT molecular complexity index is 431. The van der Waals surface area contributed by atoms with Gasteiger partial charge in [0, 0.05) is 49.4 Å². The maximum atomic E-state index is 10.9. The predicted octanol–water partition coefficient (Wildman–Crippen LogP) is 2.58. The Balaban J connectivity index is 2.29. The van der Waals surface area contributed by atoms with Gasteiger partial charge >= 0.3 is 0 Å². The lowest BCUT2D eigenvalue weighted by molar-refractivity contribution is -0.384. The largest absolute Gasteiger partial charge is 0.388 e. The Labute approximate surface area is 111 Å². The molecule has 0 bridgehead atoms. The molecule has 2 rings (SSSR count). The zero-order chi connectivity index (χ0) is 13.0. The van der Waals surface area contributed by atoms with Crippen molar-refractivity contribution in [1.82, 2.24) is 0 Å². The van der Waals surface area contributed by atoms with Crippen molar-refractivity contribution in [2.75, 3.05) is 41.9 Å². The van der Waals surface area contributed by atoms with Crippen molar-refractivity contribution >= 4 is 28.8 Å². The van der Waals surface area contributed by atoms with E-state index in [1.54, 1.807) is 19.2 Å². The molecular weight excluding hydrogens is 250 g/mol. The summed E-state index contributed by atoms with van der Waals surface area (Å²) in [4.78, 5) is 12.8. The van der Waals surface area contributed by atoms with Gasteiger partial charge in [0.25, 0.3) is 5.69 Å². The standard InChI is InChI=1S/C12H17N3O2S/c1-13-10-7-11(9-12(8-10)15(16)17)14-3-2-5-18-6-4-14/h7-9,13H,2-6H2,1H3. The Morgan fingerprint density at radius 3 is 2.89 bits per heavy atom. The summed E-state index contributed by atoms with van der Waals surface area (Å²) in [6.45, 7) is 1.92. The highest BCUT2D eigenvalue weighted by molar-refractivity contribution is 7.99. The summed E-state index contributed by atoms with van der Waals surface area (Å²) in [5.74, 6) is 2.25. The van der Waals surface area contributed by atoms with Gasteiger partial charge in [-0.2, -0.15) is 11.8 Å². The summed E-state index contributed by atoms with van der Waals surface area (Å²) in [5, 5.41) is 13.9. The molecule has 1 aliphatic heterocycles. The smallest absolute Gasteiger partial charge is 0.273 e. The molecule has 5 nitrogen and oxygen atoms in total. The topological polar surface area (TPSA) is 58.4 Å². The van der Waals surface area contributed by atoms with E-state index in [2.05, 4.69) is 10.2 Å². The van der Waals surface area contributed by atoms with Gasteiger partial charge in [-0.1, -0.05) is 0 Å². The fraction of sp³-hybridized carbons (Fsp3) is 0.500. The van der Waals surface area contributed by atoms with Gasteiger partial charge in [-0.3, -0.25) is 10.1 Å². The van der Waals surface area contributed by atoms with E-state index in [1.165, 1.54) is 5.75 Å². The lowest BCUT2D eigenvalue weighted by Crippen LogP contribution is -2.25. The van der Waals surface area contributed by atoms with Crippen LogP contribution >= 0.6 is 11.8 Å². The van der Waals surface area contributed by atoms with E-state index in [-0.39, 0.29) is 10.6 Å². The number of benzene rings is 1. The Morgan fingerprint density at radius 1 is 1.33 bits per heavy atom. The molecule has 6 heteroatoms. The molecule has 98 valence electrons. The zero-order valence-electron chi connectivity index (χ0n) is 10.4. The molecular formula is C12H17N3O2S. The van der Waals surface area contributed by atoms with Crippen LogP contribution in [-0.2, 0) is 0 Å². The molecule has 1 aromatic carbocycles. The number of hydrogen-bond donors (Lipinski definition) is 1. The molecule has 1 N–H and O–H groups in total. The van der Waals surface area contributed by atoms with Crippen LogP contribution in [0.5, 0.6) is 0 Å². The molecule has 0 aromatic heterocycles. The van der Waals surface area contributed by atoms with Crippen LogP contribution in [0.15, 0.2) is 18.2 Å². The Hall–Kier alpha value is -1.43. The normalized spacial score (nSPS) is 16.2. The second kappa shape index (κ2) is 5.95. The second-order valence-corrected chi connectivity index (χ2v) is 5.42. The fourth-order valence-electron chi connectivity index (χ4n) is 2.03. The van der Waals surface area contributed by atoms with Gasteiger partial charge in [0.1, 0.15) is 0 Å². The average Bonchev–Trinajstić information content (AvgIpc) is 2.67. The number of non-ortho nitro benzene ring substituents is 1. The van der Waals surface area contributed by atoms with E-state index in [9.17, 15) is 10.1 Å². The van der Waals surface area contributed by atoms with Crippen LogP contribution in [0.3, 0.4) is 0 Å². The lowest BCUT2D eigenvalue weighted by atomic mass is 10.2. The first-order valence-corrected chi connectivity index (χ1v) is 7.16. The number of anilines is 2. The van der Waals surface area contributed by atoms with Crippen molar-refractivity contribution < 1.29 is 4.92 Å². The molecule has 1 fully saturated rings. The zero-order valence-corrected chi connectivity index (χ0v) is 11.2. The minimum Gasteiger partial charge on any atom is -0.388 e. The van der Waals surface area contributed by atoms with Gasteiger partial charge in [0.15, 0.2) is 0 Å². The molecule has 0 radical (unpaired) electrons. The van der Waals surface area contributed by atoms with Crippen LogP contribution in [0.4, 0.5) is 17.1 Å². The fourth-order valence-corrected chi connectivity index (χ4v) is 2.92. The molecule has 1 heterocycles. The average molecular weight is 267 g/mol. The third-order valence-electron chi connectivity index (χ3n) is 2.99. The summed E-state index contributed by atoms with van der Waals surface area (Å²) in [6, 6.07) is 5.20. The molecule has 1 aromatic rings. The number of nitro groups is 1. The molecule has 1 aliphatic rings. The van der Waals surface area contributed by atoms with E-state index >= 15 is 0 Å². The predicted molar refractivity (Wildman–Crippen MR) is 76.8 cm³/mol. The minimum atomic E-state index is -0.336. The third kappa shape index (κ3) is 3.07. The molecule has 0 unspecified atom stereocenters. The van der Waals surface area contributed by atoms with E-state index in [4.69, 9.17) is 0 Å². The minimum absolute atomic E-state index is 0.147. The number of hydrogen-bond acceptors (Lipinski definition) is 5. The molecule has 1 saturated heterocycles. The molecule has 0 spiro atoms. The van der Waals surface area contributed by atoms with E-state index in [0.29, 0.717) is 0 Å². The van der Waals surface area contributed by atoms with Crippen LogP contribution in [0.25, 0.3) is 0 Å². The highest BCUT2D eigenvalue weighted by Crippen LogP contribution is 2.28. The van der Waals surface area contributed by atoms with Crippen LogP contribution < -0.4 is 10.2 Å². The van der Waals surface area contributed by atoms with Crippen LogP contribution in [-0.4, -0.2) is 36.6 Å². The summed E-state index contributed by atoms with van der Waals surface area (Å²) in [7, 11) is 1.78. The first-order chi connectivity index (χ1) is 8.70. The van der Waals surface area contributed by atoms with Gasteiger partial charge in [-0.25, -0.2) is 0 Å². The van der Waals surface area contributed by atoms with Gasteiger partial charge in [0.05, 0.1) is 4.92 Å². The summed E-state index contributed by atoms with van der Waals surface area (Å²) >= 11 is 1.94. The van der Waals surface area contributed by atoms with Crippen LogP contribution in [0.2, 0.25) is 0 Å². The van der Waals surface area contributed by atoms with Gasteiger partial charge in [-0.15, -0.1) is 0 Å². The lowest BCUT2D eigenvalue weighted by Gasteiger charge is -2.22. The van der Waals surface area contributed by atoms with Crippen molar-refractivity contribution in [3.05, 3.63) is 28.3 Å². The molecule has 0 aliphatic carbocycles. The number of rotatable bonds is 3. The van der Waals surface area contributed by atoms with E-state index < -0.39 is 0 Å². The van der Waals surface area contributed by atoms with Crippen molar-refractivity contribution in [1.29, 1.82) is 0 Å². The molecule has 0 atom stereocenters. The number of nitro benzene ring substituents is 1. The summed E-state index contributed by atoms with van der Waals surface area (Å²) in [5.41, 5.74) is 1.88. The van der Waals surface area contributed by atoms with Crippen molar-refractivity contribution in [3.8, 4) is 0 Å². The SMILES string of the molecule is CNc1cc(N2CCCSCC2)cc([N+](=O)[O-])c1. The highest BCUT2D eigenvalue weighted by atomic mass is 32.2. The third-order valence-corrected chi connectivity index (χ3v) is 4.04. The van der Waals surface area contributed by atoms with Gasteiger partial charge in [-0.05, 0) is 18.2 Å². The first-order valence-electron chi connectivity index (χ1n) is 6.00. The Kier molecular flexibility index (Phi) is 4.30. The Morgan fingerprint density at radius 2 is 2.17 bits per heavy atom. The van der Waals surface area contributed by atoms with Crippen molar-refractivity contribution in [2.45, 2.75) is 6.42 Å². The van der Waals surface area contributed by atoms with Crippen molar-refractivity contribution in [3.63, 3.8) is 0 Å². The number of nitrogens with one attached hydrogen (secondary N) is 1. The number of nitrogens with zero attached hydrogens (tertiary/aromatic N) is 2. The molecule has 0 amide bonds. The first kappa shape index (κ1) is 13.0. The van der Waals surface area contributed by atoms with Crippen LogP contribution in [0.1, 0.15) is 6.42 Å². The maximum Gasteiger partial charge on any atom is 0.273 e. The monoisotopic (exact) mass is 267 g/mol. The van der Waals surface area contributed by atoms with Gasteiger partial charge < -0.3 is 10.2 Å². The van der Waals surface area contributed by atoms with Crippen molar-refractivity contribution in [2.24, 2.45) is 0 Å². The molecule has 0 saturated carbocycles. The molecule has 18 heavy (non-hydrogen) atoms.